The molecule has 26 heavy (non-hydrogen) atoms. The number of hydrogen-bond acceptors (Lipinski definition) is 5. The normalized spacial score (nSPS) is 10.8. The lowest BCUT2D eigenvalue weighted by atomic mass is 10.1. The molecule has 138 valence electrons. The molecule has 0 aromatic heterocycles. The molecule has 6 nitrogen and oxygen atoms in total. The first kappa shape index (κ1) is 19.9. The Morgan fingerprint density at radius 1 is 1.23 bits per heavy atom. The van der Waals surface area contributed by atoms with Crippen molar-refractivity contribution in [3.05, 3.63) is 69.3 Å². The third-order valence-electron chi connectivity index (χ3n) is 3.67. The van der Waals surface area contributed by atoms with Crippen molar-refractivity contribution in [3.8, 4) is 0 Å². The highest BCUT2D eigenvalue weighted by Crippen LogP contribution is 2.24. The quantitative estimate of drug-likeness (QED) is 0.426. The summed E-state index contributed by atoms with van der Waals surface area (Å²) in [4.78, 5) is 23.9. The molecule has 7 heteroatoms. The topological polar surface area (TPSA) is 81.5 Å². The molecular formula is C19H22N2O4S. The predicted molar refractivity (Wildman–Crippen MR) is 102 cm³/mol. The molecule has 0 saturated heterocycles. The minimum absolute atomic E-state index is 0.0705. The largest absolute Gasteiger partial charge is 0.374 e. The van der Waals surface area contributed by atoms with Gasteiger partial charge in [0.25, 0.3) is 11.6 Å². The molecule has 0 heterocycles. The number of benzene rings is 2. The molecule has 2 aromatic carbocycles. The zero-order chi connectivity index (χ0) is 19.1. The average molecular weight is 374 g/mol. The molecule has 0 saturated carbocycles. The monoisotopic (exact) mass is 374 g/mol. The number of nitro benzene ring substituents is 1. The van der Waals surface area contributed by atoms with Gasteiger partial charge in [-0.3, -0.25) is 14.9 Å². The summed E-state index contributed by atoms with van der Waals surface area (Å²) in [5.41, 5.74) is 1.80. The zero-order valence-corrected chi connectivity index (χ0v) is 15.8. The van der Waals surface area contributed by atoms with Crippen molar-refractivity contribution in [3.63, 3.8) is 0 Å². The Balaban J connectivity index is 2.09. The van der Waals surface area contributed by atoms with E-state index in [1.807, 2.05) is 44.4 Å². The second-order valence-corrected chi connectivity index (χ2v) is 6.88. The number of ether oxygens (including phenoxy) is 1. The van der Waals surface area contributed by atoms with Crippen LogP contribution in [0.15, 0.2) is 47.4 Å². The van der Waals surface area contributed by atoms with Crippen LogP contribution in [0.5, 0.6) is 0 Å². The molecule has 1 amide bonds. The first-order valence-electron chi connectivity index (χ1n) is 8.20. The molecule has 0 radical (unpaired) electrons. The second kappa shape index (κ2) is 9.35. The molecule has 0 aliphatic carbocycles. The summed E-state index contributed by atoms with van der Waals surface area (Å²) in [7, 11) is 0. The van der Waals surface area contributed by atoms with Crippen LogP contribution < -0.4 is 5.32 Å². The number of thioether (sulfide) groups is 1. The molecule has 0 bridgehead atoms. The van der Waals surface area contributed by atoms with Gasteiger partial charge in [-0.2, -0.15) is 0 Å². The molecule has 0 fully saturated rings. The van der Waals surface area contributed by atoms with Gasteiger partial charge in [-0.05, 0) is 43.4 Å². The summed E-state index contributed by atoms with van der Waals surface area (Å²) in [5, 5.41) is 13.9. The molecular weight excluding hydrogens is 352 g/mol. The molecule has 0 spiro atoms. The minimum atomic E-state index is -0.539. The Bertz CT molecular complexity index is 793. The van der Waals surface area contributed by atoms with Crippen molar-refractivity contribution >= 4 is 23.4 Å². The van der Waals surface area contributed by atoms with Crippen LogP contribution in [0.25, 0.3) is 0 Å². The number of carbonyl (C=O) groups excluding carboxylic acids is 1. The van der Waals surface area contributed by atoms with Gasteiger partial charge in [0.2, 0.25) is 0 Å². The maximum Gasteiger partial charge on any atom is 0.282 e. The minimum Gasteiger partial charge on any atom is -0.374 e. The number of amides is 1. The van der Waals surface area contributed by atoms with Crippen LogP contribution in [-0.2, 0) is 17.9 Å². The van der Waals surface area contributed by atoms with E-state index in [9.17, 15) is 14.9 Å². The van der Waals surface area contributed by atoms with Gasteiger partial charge >= 0.3 is 0 Å². The van der Waals surface area contributed by atoms with E-state index < -0.39 is 10.8 Å². The van der Waals surface area contributed by atoms with Crippen LogP contribution in [-0.4, -0.2) is 23.2 Å². The Kier molecular flexibility index (Phi) is 7.17. The van der Waals surface area contributed by atoms with Crippen molar-refractivity contribution in [2.45, 2.75) is 38.0 Å². The van der Waals surface area contributed by atoms with E-state index >= 15 is 0 Å². The summed E-state index contributed by atoms with van der Waals surface area (Å²) in [6.07, 6.45) is 2.00. The maximum atomic E-state index is 12.5. The Labute approximate surface area is 157 Å². The van der Waals surface area contributed by atoms with Crippen LogP contribution in [0.1, 0.15) is 35.3 Å². The van der Waals surface area contributed by atoms with Crippen molar-refractivity contribution < 1.29 is 14.5 Å². The van der Waals surface area contributed by atoms with E-state index in [-0.39, 0.29) is 23.9 Å². The summed E-state index contributed by atoms with van der Waals surface area (Å²) in [6.45, 7) is 4.73. The van der Waals surface area contributed by atoms with Gasteiger partial charge in [0, 0.05) is 17.5 Å². The predicted octanol–water partition coefficient (Wildman–Crippen LogP) is 4.17. The van der Waals surface area contributed by atoms with E-state index in [2.05, 4.69) is 5.32 Å². The van der Waals surface area contributed by atoms with E-state index in [0.29, 0.717) is 6.61 Å². The first-order valence-corrected chi connectivity index (χ1v) is 9.43. The zero-order valence-electron chi connectivity index (χ0n) is 15.0. The number of rotatable bonds is 8. The summed E-state index contributed by atoms with van der Waals surface area (Å²) in [5.74, 6) is -0.462. The van der Waals surface area contributed by atoms with Crippen LogP contribution >= 0.6 is 11.8 Å². The van der Waals surface area contributed by atoms with Crippen molar-refractivity contribution in [2.75, 3.05) is 6.26 Å². The number of nitrogens with zero attached hydrogens (tertiary/aromatic N) is 1. The third-order valence-corrected chi connectivity index (χ3v) is 4.40. The molecule has 2 aromatic rings. The highest BCUT2D eigenvalue weighted by molar-refractivity contribution is 7.98. The summed E-state index contributed by atoms with van der Waals surface area (Å²) < 4.78 is 5.58. The summed E-state index contributed by atoms with van der Waals surface area (Å²) in [6, 6.07) is 12.3. The first-order chi connectivity index (χ1) is 12.4. The Morgan fingerprint density at radius 2 is 1.96 bits per heavy atom. The highest BCUT2D eigenvalue weighted by atomic mass is 32.2. The summed E-state index contributed by atoms with van der Waals surface area (Å²) >= 11 is 1.43. The van der Waals surface area contributed by atoms with Gasteiger partial charge in [-0.1, -0.05) is 24.3 Å². The van der Waals surface area contributed by atoms with Crippen LogP contribution in [0.4, 0.5) is 5.69 Å². The number of hydrogen-bond donors (Lipinski definition) is 1. The van der Waals surface area contributed by atoms with E-state index in [4.69, 9.17) is 4.74 Å². The lowest BCUT2D eigenvalue weighted by molar-refractivity contribution is -0.385. The van der Waals surface area contributed by atoms with Crippen LogP contribution in [0.3, 0.4) is 0 Å². The molecule has 1 N–H and O–H groups in total. The van der Waals surface area contributed by atoms with Crippen molar-refractivity contribution in [2.24, 2.45) is 0 Å². The number of carbonyl (C=O) groups is 1. The van der Waals surface area contributed by atoms with Crippen LogP contribution in [0, 0.1) is 10.1 Å². The molecule has 2 rings (SSSR count). The lowest BCUT2D eigenvalue weighted by Gasteiger charge is -2.10. The fourth-order valence-corrected chi connectivity index (χ4v) is 2.79. The average Bonchev–Trinajstić information content (AvgIpc) is 2.64. The third kappa shape index (κ3) is 5.57. The molecule has 0 aliphatic heterocycles. The second-order valence-electron chi connectivity index (χ2n) is 6.00. The molecule has 0 aliphatic rings. The SMILES string of the molecule is CSc1ccc([N+](=O)[O-])c(C(=O)NCc2cccc(COC(C)C)c2)c1. The van der Waals surface area contributed by atoms with Gasteiger partial charge < -0.3 is 10.1 Å². The highest BCUT2D eigenvalue weighted by Gasteiger charge is 2.20. The van der Waals surface area contributed by atoms with E-state index in [1.165, 1.54) is 17.8 Å². The van der Waals surface area contributed by atoms with Gasteiger partial charge in [0.15, 0.2) is 0 Å². The number of nitro groups is 1. The van der Waals surface area contributed by atoms with Gasteiger partial charge in [0.1, 0.15) is 5.56 Å². The standard InChI is InChI=1S/C19H22N2O4S/c1-13(2)25-12-15-6-4-5-14(9-15)11-20-19(22)17-10-16(26-3)7-8-18(17)21(23)24/h4-10,13H,11-12H2,1-3H3,(H,20,22). The number of nitrogens with one attached hydrogen (secondary N) is 1. The van der Waals surface area contributed by atoms with Crippen molar-refractivity contribution in [1.82, 2.24) is 5.32 Å². The van der Waals surface area contributed by atoms with Crippen LogP contribution in [0.2, 0.25) is 0 Å². The van der Waals surface area contributed by atoms with E-state index in [0.717, 1.165) is 16.0 Å². The fourth-order valence-electron chi connectivity index (χ4n) is 2.35. The molecule has 0 unspecified atom stereocenters. The smallest absolute Gasteiger partial charge is 0.282 e. The van der Waals surface area contributed by atoms with Gasteiger partial charge in [-0.25, -0.2) is 0 Å². The van der Waals surface area contributed by atoms with E-state index in [1.54, 1.807) is 12.1 Å². The Hall–Kier alpha value is -2.38. The lowest BCUT2D eigenvalue weighted by Crippen LogP contribution is -2.23. The fraction of sp³-hybridized carbons (Fsp3) is 0.316. The van der Waals surface area contributed by atoms with Gasteiger partial charge in [-0.15, -0.1) is 11.8 Å². The Morgan fingerprint density at radius 3 is 2.62 bits per heavy atom. The van der Waals surface area contributed by atoms with Gasteiger partial charge in [0.05, 0.1) is 17.6 Å². The maximum absolute atomic E-state index is 12.5. The van der Waals surface area contributed by atoms with Crippen molar-refractivity contribution in [1.29, 1.82) is 0 Å². The molecule has 0 atom stereocenters.